The number of H-pyrrole nitrogens is 1. The highest BCUT2D eigenvalue weighted by atomic mass is 32.2. The van der Waals surface area contributed by atoms with Gasteiger partial charge in [0.25, 0.3) is 0 Å². The molecular formula is C5H4N4O6S. The van der Waals surface area contributed by atoms with E-state index in [-0.39, 0.29) is 0 Å². The number of nitro groups is 2. The van der Waals surface area contributed by atoms with Crippen LogP contribution in [0.25, 0.3) is 0 Å². The molecule has 0 amide bonds. The Hall–Kier alpha value is -2.17. The lowest BCUT2D eigenvalue weighted by molar-refractivity contribution is -0.399. The molecule has 0 aliphatic heterocycles. The van der Waals surface area contributed by atoms with Gasteiger partial charge in [0.05, 0.1) is 5.75 Å². The molecule has 2 N–H and O–H groups in total. The molecule has 0 fully saturated rings. The molecule has 1 heterocycles. The second-order valence-electron chi connectivity index (χ2n) is 2.42. The van der Waals surface area contributed by atoms with Crippen LogP contribution in [0.1, 0.15) is 0 Å². The summed E-state index contributed by atoms with van der Waals surface area (Å²) in [6.45, 7) is 0. The number of hydrogen-bond acceptors (Lipinski definition) is 7. The fourth-order valence-electron chi connectivity index (χ4n) is 0.828. The fourth-order valence-corrected chi connectivity index (χ4v) is 1.60. The Kier molecular flexibility index (Phi) is 3.40. The van der Waals surface area contributed by atoms with E-state index in [9.17, 15) is 25.0 Å². The average molecular weight is 248 g/mol. The van der Waals surface area contributed by atoms with E-state index in [1.165, 1.54) is 0 Å². The summed E-state index contributed by atoms with van der Waals surface area (Å²) in [5, 5.41) is 34.3. The van der Waals surface area contributed by atoms with Crippen LogP contribution in [0.3, 0.4) is 0 Å². The first-order valence-electron chi connectivity index (χ1n) is 3.65. The van der Waals surface area contributed by atoms with Crippen LogP contribution in [0.2, 0.25) is 0 Å². The van der Waals surface area contributed by atoms with Crippen LogP contribution >= 0.6 is 11.8 Å². The van der Waals surface area contributed by atoms with Crippen LogP contribution in [0.15, 0.2) is 4.90 Å². The quantitative estimate of drug-likeness (QED) is 0.431. The molecule has 0 aliphatic rings. The topological polar surface area (TPSA) is 152 Å². The number of nitrogens with one attached hydrogen (secondary N) is 1. The first-order valence-corrected chi connectivity index (χ1v) is 4.63. The van der Waals surface area contributed by atoms with Gasteiger partial charge in [-0.2, -0.15) is 0 Å². The molecule has 0 saturated heterocycles. The van der Waals surface area contributed by atoms with Crippen molar-refractivity contribution in [1.29, 1.82) is 0 Å². The number of carboxylic acid groups (broad SMARTS) is 1. The van der Waals surface area contributed by atoms with E-state index in [4.69, 9.17) is 5.11 Å². The third kappa shape index (κ3) is 2.44. The number of nitrogens with zero attached hydrogens (tertiary/aromatic N) is 3. The molecule has 0 aromatic carbocycles. The Labute approximate surface area is 90.9 Å². The Balaban J connectivity index is 3.08. The van der Waals surface area contributed by atoms with Crippen molar-refractivity contribution in [2.24, 2.45) is 0 Å². The van der Waals surface area contributed by atoms with Gasteiger partial charge >= 0.3 is 17.6 Å². The molecular weight excluding hydrogens is 244 g/mol. The summed E-state index contributed by atoms with van der Waals surface area (Å²) in [7, 11) is 0. The number of rotatable bonds is 5. The molecule has 0 atom stereocenters. The number of carboxylic acids is 1. The lowest BCUT2D eigenvalue weighted by Crippen LogP contribution is -1.99. The maximum Gasteiger partial charge on any atom is 0.433 e. The third-order valence-corrected chi connectivity index (χ3v) is 2.44. The first-order chi connectivity index (χ1) is 7.43. The van der Waals surface area contributed by atoms with Crippen molar-refractivity contribution < 1.29 is 19.7 Å². The normalized spacial score (nSPS) is 10.0. The van der Waals surface area contributed by atoms with Crippen LogP contribution in [-0.4, -0.2) is 36.9 Å². The van der Waals surface area contributed by atoms with Crippen molar-refractivity contribution in [3.8, 4) is 0 Å². The summed E-state index contributed by atoms with van der Waals surface area (Å²) in [4.78, 5) is 28.9. The summed E-state index contributed by atoms with van der Waals surface area (Å²) in [6, 6.07) is 0. The van der Waals surface area contributed by atoms with Crippen molar-refractivity contribution in [3.05, 3.63) is 20.2 Å². The van der Waals surface area contributed by atoms with Gasteiger partial charge in [-0.05, 0) is 14.9 Å². The lowest BCUT2D eigenvalue weighted by atomic mass is 10.6. The highest BCUT2D eigenvalue weighted by Crippen LogP contribution is 2.34. The second kappa shape index (κ2) is 4.57. The van der Waals surface area contributed by atoms with E-state index in [1.54, 1.807) is 0 Å². The highest BCUT2D eigenvalue weighted by Gasteiger charge is 2.32. The molecule has 0 aliphatic carbocycles. The van der Waals surface area contributed by atoms with Gasteiger partial charge in [0.1, 0.15) is 5.10 Å². The van der Waals surface area contributed by atoms with E-state index in [0.29, 0.717) is 11.8 Å². The predicted octanol–water partition coefficient (Wildman–Crippen LogP) is 0.403. The van der Waals surface area contributed by atoms with Gasteiger partial charge in [-0.15, -0.1) is 0 Å². The first kappa shape index (κ1) is 11.9. The van der Waals surface area contributed by atoms with Crippen LogP contribution in [0.5, 0.6) is 0 Å². The maximum absolute atomic E-state index is 10.5. The third-order valence-electron chi connectivity index (χ3n) is 1.38. The fraction of sp³-hybridized carbons (Fsp3) is 0.200. The molecule has 0 unspecified atom stereocenters. The molecule has 16 heavy (non-hydrogen) atoms. The largest absolute Gasteiger partial charge is 0.481 e. The van der Waals surface area contributed by atoms with Gasteiger partial charge in [-0.3, -0.25) is 4.79 Å². The van der Waals surface area contributed by atoms with Crippen molar-refractivity contribution in [1.82, 2.24) is 10.2 Å². The average Bonchev–Trinajstić information content (AvgIpc) is 2.57. The number of carbonyl (C=O) groups is 1. The molecule has 0 spiro atoms. The zero-order chi connectivity index (χ0) is 12.3. The van der Waals surface area contributed by atoms with Gasteiger partial charge in [-0.25, -0.2) is 0 Å². The van der Waals surface area contributed by atoms with Crippen molar-refractivity contribution >= 4 is 29.4 Å². The van der Waals surface area contributed by atoms with Crippen molar-refractivity contribution in [2.45, 2.75) is 4.90 Å². The molecule has 10 nitrogen and oxygen atoms in total. The Morgan fingerprint density at radius 2 is 2.06 bits per heavy atom. The lowest BCUT2D eigenvalue weighted by Gasteiger charge is -1.95. The minimum Gasteiger partial charge on any atom is -0.481 e. The highest BCUT2D eigenvalue weighted by molar-refractivity contribution is 8.00. The summed E-state index contributed by atoms with van der Waals surface area (Å²) in [6.07, 6.45) is 0. The van der Waals surface area contributed by atoms with Crippen LogP contribution in [0.4, 0.5) is 11.6 Å². The minimum atomic E-state index is -1.24. The van der Waals surface area contributed by atoms with E-state index >= 15 is 0 Å². The van der Waals surface area contributed by atoms with Gasteiger partial charge in [0.15, 0.2) is 0 Å². The molecule has 1 aromatic rings. The molecule has 11 heteroatoms. The number of hydrogen-bond donors (Lipinski definition) is 2. The van der Waals surface area contributed by atoms with Gasteiger partial charge in [-0.1, -0.05) is 11.8 Å². The molecule has 0 bridgehead atoms. The number of thioether (sulfide) groups is 1. The number of aliphatic carboxylic acids is 1. The van der Waals surface area contributed by atoms with Gasteiger partial charge < -0.3 is 25.3 Å². The predicted molar refractivity (Wildman–Crippen MR) is 50.3 cm³/mol. The molecule has 1 rings (SSSR count). The second-order valence-corrected chi connectivity index (χ2v) is 3.41. The van der Waals surface area contributed by atoms with Crippen molar-refractivity contribution in [2.75, 3.05) is 5.75 Å². The number of aromatic amines is 1. The van der Waals surface area contributed by atoms with Crippen LogP contribution < -0.4 is 0 Å². The smallest absolute Gasteiger partial charge is 0.433 e. The minimum absolute atomic E-state index is 0.391. The van der Waals surface area contributed by atoms with E-state index in [1.807, 2.05) is 5.10 Å². The monoisotopic (exact) mass is 248 g/mol. The Morgan fingerprint density at radius 1 is 1.44 bits per heavy atom. The summed E-state index contributed by atoms with van der Waals surface area (Å²) in [5.41, 5.74) is 0. The summed E-state index contributed by atoms with van der Waals surface area (Å²) < 4.78 is 0. The van der Waals surface area contributed by atoms with E-state index in [0.717, 1.165) is 0 Å². The van der Waals surface area contributed by atoms with Crippen LogP contribution in [-0.2, 0) is 4.79 Å². The molecule has 86 valence electrons. The Morgan fingerprint density at radius 3 is 2.50 bits per heavy atom. The zero-order valence-electron chi connectivity index (χ0n) is 7.45. The van der Waals surface area contributed by atoms with Gasteiger partial charge in [0.2, 0.25) is 4.90 Å². The molecule has 0 radical (unpaired) electrons. The molecule has 0 saturated carbocycles. The van der Waals surface area contributed by atoms with Crippen molar-refractivity contribution in [3.63, 3.8) is 0 Å². The standard InChI is InChI=1S/C5H4N4O6S/c10-2(11)1-16-3-4(8(12)13)6-7-5(3)9(14)15/h1H2,(H,6,7)(H,10,11). The molecule has 1 aromatic heterocycles. The van der Waals surface area contributed by atoms with E-state index in [2.05, 4.69) is 5.10 Å². The summed E-state index contributed by atoms with van der Waals surface area (Å²) >= 11 is 0.468. The maximum atomic E-state index is 10.5. The zero-order valence-corrected chi connectivity index (χ0v) is 8.26. The van der Waals surface area contributed by atoms with Crippen LogP contribution in [0, 0.1) is 20.2 Å². The van der Waals surface area contributed by atoms with E-state index < -0.39 is 38.1 Å². The SMILES string of the molecule is O=C(O)CSc1c([N+](=O)[O-])n[nH]c1[N+](=O)[O-]. The van der Waals surface area contributed by atoms with Gasteiger partial charge in [0, 0.05) is 0 Å². The Bertz CT molecular complexity index is 424. The summed E-state index contributed by atoms with van der Waals surface area (Å²) in [5.74, 6) is -3.20. The number of aromatic nitrogens is 2.